The number of aromatic nitrogens is 1. The quantitative estimate of drug-likeness (QED) is 0.375. The van der Waals surface area contributed by atoms with Gasteiger partial charge in [0.05, 0.1) is 17.3 Å². The van der Waals surface area contributed by atoms with Gasteiger partial charge in [-0.1, -0.05) is 26.0 Å². The molecule has 0 aliphatic heterocycles. The second kappa shape index (κ2) is 8.67. The van der Waals surface area contributed by atoms with E-state index in [-0.39, 0.29) is 0 Å². The number of rotatable bonds is 7. The third-order valence-corrected chi connectivity index (χ3v) is 5.04. The fraction of sp³-hybridized carbons (Fsp3) is 0.304. The second-order valence-corrected chi connectivity index (χ2v) is 6.87. The zero-order valence-electron chi connectivity index (χ0n) is 16.7. The van der Waals surface area contributed by atoms with Crippen molar-refractivity contribution in [2.24, 2.45) is 12.1 Å². The van der Waals surface area contributed by atoms with E-state index >= 15 is 0 Å². The Bertz CT molecular complexity index is 911. The van der Waals surface area contributed by atoms with Gasteiger partial charge in [0.15, 0.2) is 6.20 Å². The monoisotopic (exact) mass is 361 g/mol. The van der Waals surface area contributed by atoms with Crippen LogP contribution in [0.2, 0.25) is 0 Å². The zero-order valence-corrected chi connectivity index (χ0v) is 16.7. The number of pyridine rings is 1. The number of aryl methyl sites for hydroxylation is 1. The van der Waals surface area contributed by atoms with Gasteiger partial charge in [-0.15, -0.1) is 0 Å². The highest BCUT2D eigenvalue weighted by atomic mass is 15.4. The fourth-order valence-corrected chi connectivity index (χ4v) is 3.22. The first-order valence-electron chi connectivity index (χ1n) is 9.64. The molecule has 4 heteroatoms. The molecule has 1 N–H and O–H groups in total. The van der Waals surface area contributed by atoms with Crippen molar-refractivity contribution in [1.82, 2.24) is 0 Å². The van der Waals surface area contributed by atoms with Crippen LogP contribution in [-0.4, -0.2) is 19.3 Å². The van der Waals surface area contributed by atoms with Gasteiger partial charge in [0, 0.05) is 36.5 Å². The Morgan fingerprint density at radius 2 is 1.74 bits per heavy atom. The van der Waals surface area contributed by atoms with E-state index in [0.717, 1.165) is 29.8 Å². The molecule has 1 aromatic heterocycles. The summed E-state index contributed by atoms with van der Waals surface area (Å²) < 4.78 is 2.13. The van der Waals surface area contributed by atoms with Crippen LogP contribution in [0, 0.1) is 0 Å². The standard InChI is InChI=1S/C23H29N4/c1-5-19(6-2)25-20-11-13-21(14-12-20)27(4)24-17-18-15-16-26(3)23-10-8-7-9-22(18)23/h7-17,19,25H,5-6H2,1-4H3/q+1. The fourth-order valence-electron chi connectivity index (χ4n) is 3.22. The summed E-state index contributed by atoms with van der Waals surface area (Å²) >= 11 is 0. The van der Waals surface area contributed by atoms with Crippen LogP contribution in [0.4, 0.5) is 11.4 Å². The van der Waals surface area contributed by atoms with Crippen LogP contribution in [0.15, 0.2) is 65.9 Å². The Kier molecular flexibility index (Phi) is 6.07. The van der Waals surface area contributed by atoms with Crippen LogP contribution in [0.5, 0.6) is 0 Å². The van der Waals surface area contributed by atoms with E-state index in [1.54, 1.807) is 0 Å². The number of benzene rings is 2. The minimum absolute atomic E-state index is 0.527. The number of nitrogens with one attached hydrogen (secondary N) is 1. The Labute approximate surface area is 162 Å². The lowest BCUT2D eigenvalue weighted by atomic mass is 10.1. The summed E-state index contributed by atoms with van der Waals surface area (Å²) in [6, 6.07) is 19.5. The number of anilines is 2. The molecule has 0 aliphatic carbocycles. The smallest absolute Gasteiger partial charge is 0.212 e. The van der Waals surface area contributed by atoms with Crippen molar-refractivity contribution in [2.45, 2.75) is 32.7 Å². The predicted octanol–water partition coefficient (Wildman–Crippen LogP) is 4.74. The van der Waals surface area contributed by atoms with E-state index in [0.29, 0.717) is 6.04 Å². The molecule has 0 saturated carbocycles. The Hall–Kier alpha value is -2.88. The molecule has 3 rings (SSSR count). The van der Waals surface area contributed by atoms with Gasteiger partial charge in [0.25, 0.3) is 0 Å². The molecule has 4 nitrogen and oxygen atoms in total. The molecule has 1 heterocycles. The summed E-state index contributed by atoms with van der Waals surface area (Å²) in [5.41, 5.74) is 4.53. The first-order valence-corrected chi connectivity index (χ1v) is 9.64. The molecule has 0 amide bonds. The van der Waals surface area contributed by atoms with Crippen LogP contribution >= 0.6 is 0 Å². The van der Waals surface area contributed by atoms with Gasteiger partial charge in [-0.3, -0.25) is 5.01 Å². The molecular weight excluding hydrogens is 332 g/mol. The Morgan fingerprint density at radius 1 is 1.04 bits per heavy atom. The zero-order chi connectivity index (χ0) is 19.2. The first-order chi connectivity index (χ1) is 13.1. The van der Waals surface area contributed by atoms with Gasteiger partial charge in [-0.2, -0.15) is 5.10 Å². The minimum Gasteiger partial charge on any atom is -0.382 e. The number of hydrogen-bond donors (Lipinski definition) is 1. The maximum absolute atomic E-state index is 4.65. The average Bonchev–Trinajstić information content (AvgIpc) is 2.72. The average molecular weight is 362 g/mol. The lowest BCUT2D eigenvalue weighted by molar-refractivity contribution is -0.644. The normalized spacial score (nSPS) is 11.4. The molecular formula is C23H29N4+. The van der Waals surface area contributed by atoms with Crippen molar-refractivity contribution >= 4 is 28.5 Å². The number of hydrogen-bond acceptors (Lipinski definition) is 3. The van der Waals surface area contributed by atoms with Crippen LogP contribution in [0.25, 0.3) is 10.9 Å². The van der Waals surface area contributed by atoms with Crippen LogP contribution in [0.1, 0.15) is 32.3 Å². The molecule has 140 valence electrons. The molecule has 0 saturated heterocycles. The topological polar surface area (TPSA) is 31.5 Å². The van der Waals surface area contributed by atoms with Crippen LogP contribution in [-0.2, 0) is 7.05 Å². The summed E-state index contributed by atoms with van der Waals surface area (Å²) in [7, 11) is 4.04. The molecule has 3 aromatic rings. The lowest BCUT2D eigenvalue weighted by Gasteiger charge is -2.18. The summed E-state index contributed by atoms with van der Waals surface area (Å²) in [5.74, 6) is 0. The highest BCUT2D eigenvalue weighted by Gasteiger charge is 2.08. The van der Waals surface area contributed by atoms with Crippen molar-refractivity contribution < 1.29 is 4.57 Å². The summed E-state index contributed by atoms with van der Waals surface area (Å²) in [6.07, 6.45) is 6.26. The summed E-state index contributed by atoms with van der Waals surface area (Å²) in [5, 5.41) is 11.3. The first kappa shape index (κ1) is 18.9. The second-order valence-electron chi connectivity index (χ2n) is 6.87. The number of nitrogens with zero attached hydrogens (tertiary/aromatic N) is 3. The molecule has 0 spiro atoms. The third kappa shape index (κ3) is 4.45. The number of fused-ring (bicyclic) bond motifs is 1. The molecule has 0 bridgehead atoms. The largest absolute Gasteiger partial charge is 0.382 e. The molecule has 0 fully saturated rings. The third-order valence-electron chi connectivity index (χ3n) is 5.04. The van der Waals surface area contributed by atoms with Gasteiger partial charge in [0.2, 0.25) is 5.52 Å². The minimum atomic E-state index is 0.527. The number of hydrazone groups is 1. The van der Waals surface area contributed by atoms with Crippen molar-refractivity contribution in [2.75, 3.05) is 17.4 Å². The van der Waals surface area contributed by atoms with Crippen molar-refractivity contribution in [3.05, 3.63) is 66.4 Å². The SMILES string of the molecule is CCC(CC)Nc1ccc(N(C)N=Cc2cc[n+](C)c3ccccc23)cc1. The molecule has 0 atom stereocenters. The molecule has 2 aromatic carbocycles. The van der Waals surface area contributed by atoms with E-state index < -0.39 is 0 Å². The van der Waals surface area contributed by atoms with Crippen LogP contribution < -0.4 is 14.9 Å². The Morgan fingerprint density at radius 3 is 2.44 bits per heavy atom. The molecule has 27 heavy (non-hydrogen) atoms. The van der Waals surface area contributed by atoms with Gasteiger partial charge in [0.1, 0.15) is 7.05 Å². The Balaban J connectivity index is 1.76. The highest BCUT2D eigenvalue weighted by molar-refractivity contribution is 5.97. The predicted molar refractivity (Wildman–Crippen MR) is 116 cm³/mol. The van der Waals surface area contributed by atoms with Gasteiger partial charge in [-0.05, 0) is 43.2 Å². The van der Waals surface area contributed by atoms with E-state index in [4.69, 9.17) is 0 Å². The maximum atomic E-state index is 4.65. The van der Waals surface area contributed by atoms with Gasteiger partial charge in [-0.25, -0.2) is 4.57 Å². The highest BCUT2D eigenvalue weighted by Crippen LogP contribution is 2.19. The van der Waals surface area contributed by atoms with Gasteiger partial charge >= 0.3 is 0 Å². The molecule has 0 unspecified atom stereocenters. The maximum Gasteiger partial charge on any atom is 0.212 e. The lowest BCUT2D eigenvalue weighted by Crippen LogP contribution is -2.28. The van der Waals surface area contributed by atoms with E-state index in [1.807, 2.05) is 18.3 Å². The number of para-hydroxylation sites is 1. The van der Waals surface area contributed by atoms with E-state index in [9.17, 15) is 0 Å². The van der Waals surface area contributed by atoms with Crippen molar-refractivity contribution in [3.63, 3.8) is 0 Å². The van der Waals surface area contributed by atoms with Gasteiger partial charge < -0.3 is 5.32 Å². The van der Waals surface area contributed by atoms with Crippen LogP contribution in [0.3, 0.4) is 0 Å². The molecule has 0 aliphatic rings. The summed E-state index contributed by atoms with van der Waals surface area (Å²) in [4.78, 5) is 0. The van der Waals surface area contributed by atoms with E-state index in [1.165, 1.54) is 10.9 Å². The summed E-state index contributed by atoms with van der Waals surface area (Å²) in [6.45, 7) is 4.43. The van der Waals surface area contributed by atoms with E-state index in [2.05, 4.69) is 96.7 Å². The molecule has 0 radical (unpaired) electrons. The van der Waals surface area contributed by atoms with Crippen molar-refractivity contribution in [1.29, 1.82) is 0 Å². The van der Waals surface area contributed by atoms with Crippen molar-refractivity contribution in [3.8, 4) is 0 Å².